The van der Waals surface area contributed by atoms with E-state index >= 15 is 0 Å². The van der Waals surface area contributed by atoms with Crippen molar-refractivity contribution in [2.24, 2.45) is 0 Å². The number of likely N-dealkylation sites (tertiary alicyclic amines) is 1. The molecule has 1 aliphatic heterocycles. The lowest BCUT2D eigenvalue weighted by Gasteiger charge is -2.13. The Morgan fingerprint density at radius 1 is 1.22 bits per heavy atom. The van der Waals surface area contributed by atoms with Crippen molar-refractivity contribution in [2.45, 2.75) is 19.3 Å². The third-order valence-corrected chi connectivity index (χ3v) is 4.71. The summed E-state index contributed by atoms with van der Waals surface area (Å²) in [5.74, 6) is 0.0976. The van der Waals surface area contributed by atoms with Gasteiger partial charge < -0.3 is 15.1 Å². The fourth-order valence-electron chi connectivity index (χ4n) is 1.60. The molecule has 0 bridgehead atoms. The Hall–Kier alpha value is -0.400. The van der Waals surface area contributed by atoms with Crippen LogP contribution in [-0.2, 0) is 14.2 Å². The summed E-state index contributed by atoms with van der Waals surface area (Å²) in [7, 11) is 0. The summed E-state index contributed by atoms with van der Waals surface area (Å²) in [6.07, 6.45) is 1.27. The maximum absolute atomic E-state index is 11.3. The number of rotatable bonds is 8. The zero-order valence-electron chi connectivity index (χ0n) is 9.87. The van der Waals surface area contributed by atoms with Crippen LogP contribution in [0, 0.1) is 0 Å². The minimum absolute atomic E-state index is 0.114. The van der Waals surface area contributed by atoms with Gasteiger partial charge in [0.15, 0.2) is 0 Å². The smallest absolute Gasteiger partial charge is 0.317 e. The van der Waals surface area contributed by atoms with Gasteiger partial charge in [-0.05, 0) is 24.3 Å². The van der Waals surface area contributed by atoms with Crippen molar-refractivity contribution >= 4 is 30.0 Å². The number of imide groups is 1. The Balaban J connectivity index is 2.01. The maximum Gasteiger partial charge on any atom is 0.384 e. The first kappa shape index (κ1) is 15.7. The molecule has 0 aromatic heterocycles. The average molecular weight is 296 g/mol. The van der Waals surface area contributed by atoms with Crippen molar-refractivity contribution in [3.8, 4) is 0 Å². The number of nitrogens with one attached hydrogen (secondary N) is 1. The maximum atomic E-state index is 11.3. The molecule has 18 heavy (non-hydrogen) atoms. The van der Waals surface area contributed by atoms with Gasteiger partial charge in [0, 0.05) is 31.7 Å². The molecular formula is C9H17N2O5PS. The Kier molecular flexibility index (Phi) is 6.31. The van der Waals surface area contributed by atoms with Crippen LogP contribution in [0.3, 0.4) is 0 Å². The molecule has 0 aromatic rings. The molecule has 0 spiro atoms. The van der Waals surface area contributed by atoms with Crippen molar-refractivity contribution in [1.82, 2.24) is 10.2 Å². The third kappa shape index (κ3) is 5.97. The Labute approximate surface area is 109 Å². The average Bonchev–Trinajstić information content (AvgIpc) is 2.57. The summed E-state index contributed by atoms with van der Waals surface area (Å²) in [5.41, 5.74) is 0. The van der Waals surface area contributed by atoms with Gasteiger partial charge in [-0.15, -0.1) is 0 Å². The topological polar surface area (TPSA) is 107 Å². The van der Waals surface area contributed by atoms with Crippen LogP contribution in [0.15, 0.2) is 0 Å². The summed E-state index contributed by atoms with van der Waals surface area (Å²) in [5, 5.41) is 3.00. The quantitative estimate of drug-likeness (QED) is 0.327. The predicted molar refractivity (Wildman–Crippen MR) is 67.9 cm³/mol. The number of hydrogen-bond acceptors (Lipinski definition) is 5. The molecule has 7 nitrogen and oxygen atoms in total. The fraction of sp³-hybridized carbons (Fsp3) is 0.778. The fourth-order valence-corrected chi connectivity index (χ4v) is 3.06. The van der Waals surface area contributed by atoms with Gasteiger partial charge >= 0.3 is 6.80 Å². The first-order valence-electron chi connectivity index (χ1n) is 5.64. The molecule has 0 atom stereocenters. The first-order valence-corrected chi connectivity index (χ1v) is 8.84. The highest BCUT2D eigenvalue weighted by Gasteiger charge is 2.27. The van der Waals surface area contributed by atoms with Crippen LogP contribution >= 0.6 is 18.2 Å². The van der Waals surface area contributed by atoms with E-state index in [2.05, 4.69) is 5.32 Å². The van der Waals surface area contributed by atoms with E-state index in [0.717, 1.165) is 0 Å². The predicted octanol–water partition coefficient (Wildman–Crippen LogP) is -0.0590. The molecular weight excluding hydrogens is 279 g/mol. The number of carbonyl (C=O) groups is 2. The third-order valence-electron chi connectivity index (χ3n) is 2.43. The minimum atomic E-state index is -3.98. The van der Waals surface area contributed by atoms with E-state index in [1.807, 2.05) is 0 Å². The summed E-state index contributed by atoms with van der Waals surface area (Å²) in [4.78, 5) is 41.0. The second kappa shape index (κ2) is 7.25. The van der Waals surface area contributed by atoms with E-state index in [4.69, 9.17) is 9.79 Å². The normalized spacial score (nSPS) is 16.7. The van der Waals surface area contributed by atoms with Gasteiger partial charge in [-0.3, -0.25) is 14.5 Å². The van der Waals surface area contributed by atoms with Crippen LogP contribution in [0.4, 0.5) is 0 Å². The van der Waals surface area contributed by atoms with Crippen LogP contribution in [-0.4, -0.2) is 51.9 Å². The number of carbonyl (C=O) groups excluding carboxylic acids is 2. The van der Waals surface area contributed by atoms with Crippen molar-refractivity contribution in [3.63, 3.8) is 0 Å². The molecule has 9 heteroatoms. The Morgan fingerprint density at radius 3 is 2.39 bits per heavy atom. The molecule has 0 aromatic carbocycles. The summed E-state index contributed by atoms with van der Waals surface area (Å²) in [6, 6.07) is 0. The second-order valence-electron chi connectivity index (χ2n) is 3.87. The van der Waals surface area contributed by atoms with E-state index in [1.54, 1.807) is 0 Å². The molecule has 1 fully saturated rings. The van der Waals surface area contributed by atoms with Gasteiger partial charge in [0.05, 0.1) is 0 Å². The van der Waals surface area contributed by atoms with Crippen LogP contribution in [0.25, 0.3) is 0 Å². The van der Waals surface area contributed by atoms with Crippen molar-refractivity contribution in [3.05, 3.63) is 0 Å². The minimum Gasteiger partial charge on any atom is -0.317 e. The van der Waals surface area contributed by atoms with E-state index in [1.165, 1.54) is 4.90 Å². The molecule has 104 valence electrons. The van der Waals surface area contributed by atoms with Crippen molar-refractivity contribution < 1.29 is 23.9 Å². The molecule has 0 unspecified atom stereocenters. The first-order chi connectivity index (χ1) is 8.40. The van der Waals surface area contributed by atoms with Crippen LogP contribution in [0.5, 0.6) is 0 Å². The van der Waals surface area contributed by atoms with Crippen LogP contribution < -0.4 is 5.32 Å². The number of hydrogen-bond donors (Lipinski definition) is 3. The number of amides is 2. The van der Waals surface area contributed by atoms with Gasteiger partial charge in [-0.1, -0.05) is 0 Å². The SMILES string of the molecule is O=C1CCC(=O)N1CCCNCCSP(=O)(O)O. The summed E-state index contributed by atoms with van der Waals surface area (Å²) < 4.78 is 10.5. The van der Waals surface area contributed by atoms with Gasteiger partial charge in [0.1, 0.15) is 0 Å². The molecule has 0 saturated carbocycles. The van der Waals surface area contributed by atoms with Crippen LogP contribution in [0.2, 0.25) is 0 Å². The number of nitrogens with zero attached hydrogens (tertiary/aromatic N) is 1. The summed E-state index contributed by atoms with van der Waals surface area (Å²) in [6.45, 7) is -2.47. The standard InChI is InChI=1S/C9H17N2O5PS/c12-8-2-3-9(13)11(8)6-1-4-10-5-7-18-17(14,15)16/h10H,1-7H2,(H2,14,15,16). The molecule has 1 rings (SSSR count). The highest BCUT2D eigenvalue weighted by Crippen LogP contribution is 2.49. The second-order valence-corrected chi connectivity index (χ2v) is 7.72. The lowest BCUT2D eigenvalue weighted by Crippen LogP contribution is -2.32. The lowest BCUT2D eigenvalue weighted by atomic mass is 10.4. The van der Waals surface area contributed by atoms with E-state index in [-0.39, 0.29) is 11.8 Å². The molecule has 0 aliphatic carbocycles. The molecule has 0 radical (unpaired) electrons. The molecule has 1 heterocycles. The van der Waals surface area contributed by atoms with E-state index in [9.17, 15) is 14.2 Å². The molecule has 1 aliphatic rings. The highest BCUT2D eigenvalue weighted by molar-refractivity contribution is 8.54. The largest absolute Gasteiger partial charge is 0.384 e. The van der Waals surface area contributed by atoms with Crippen molar-refractivity contribution in [1.29, 1.82) is 0 Å². The van der Waals surface area contributed by atoms with Crippen LogP contribution in [0.1, 0.15) is 19.3 Å². The highest BCUT2D eigenvalue weighted by atomic mass is 32.7. The zero-order valence-corrected chi connectivity index (χ0v) is 11.6. The van der Waals surface area contributed by atoms with E-state index in [0.29, 0.717) is 56.0 Å². The molecule has 1 saturated heterocycles. The van der Waals surface area contributed by atoms with Gasteiger partial charge in [0.25, 0.3) is 0 Å². The van der Waals surface area contributed by atoms with Gasteiger partial charge in [-0.2, -0.15) is 0 Å². The Morgan fingerprint density at radius 2 is 1.83 bits per heavy atom. The van der Waals surface area contributed by atoms with Gasteiger partial charge in [0.2, 0.25) is 11.8 Å². The monoisotopic (exact) mass is 296 g/mol. The van der Waals surface area contributed by atoms with Gasteiger partial charge in [-0.25, -0.2) is 4.57 Å². The van der Waals surface area contributed by atoms with Crippen molar-refractivity contribution in [2.75, 3.05) is 25.4 Å². The molecule has 3 N–H and O–H groups in total. The summed E-state index contributed by atoms with van der Waals surface area (Å²) >= 11 is 0.603. The van der Waals surface area contributed by atoms with E-state index < -0.39 is 6.80 Å². The Bertz CT molecular complexity index is 343. The lowest BCUT2D eigenvalue weighted by molar-refractivity contribution is -0.138. The molecule has 2 amide bonds. The zero-order chi connectivity index (χ0) is 13.6.